The Morgan fingerprint density at radius 2 is 1.39 bits per heavy atom. The predicted molar refractivity (Wildman–Crippen MR) is 121 cm³/mol. The molecule has 1 heterocycles. The van der Waals surface area contributed by atoms with Gasteiger partial charge in [-0.25, -0.2) is 0 Å². The maximum atomic E-state index is 6.11. The van der Waals surface area contributed by atoms with E-state index in [9.17, 15) is 0 Å². The van der Waals surface area contributed by atoms with Gasteiger partial charge in [-0.2, -0.15) is 4.57 Å². The number of nitrogen functional groups attached to an aromatic ring is 2. The second-order valence-electron chi connectivity index (χ2n) is 7.35. The van der Waals surface area contributed by atoms with Gasteiger partial charge >= 0.3 is 0 Å². The molecule has 3 aromatic carbocycles. The third-order valence-electron chi connectivity index (χ3n) is 5.20. The molecule has 0 saturated heterocycles. The lowest BCUT2D eigenvalue weighted by Gasteiger charge is -2.11. The SMILES string of the molecule is CN(C)c1ccc(/C=C/c2c3cc(N)ccc3c3ccc(N)cc3[n+]2C)cc1. The molecule has 0 aliphatic carbocycles. The van der Waals surface area contributed by atoms with Gasteiger partial charge in [0.25, 0.3) is 0 Å². The Balaban J connectivity index is 1.91. The molecule has 0 unspecified atom stereocenters. The third kappa shape index (κ3) is 3.14. The molecule has 0 spiro atoms. The van der Waals surface area contributed by atoms with Gasteiger partial charge in [0.15, 0.2) is 0 Å². The van der Waals surface area contributed by atoms with Crippen molar-refractivity contribution in [1.82, 2.24) is 0 Å². The average molecular weight is 369 g/mol. The average Bonchev–Trinajstić information content (AvgIpc) is 2.68. The van der Waals surface area contributed by atoms with E-state index in [-0.39, 0.29) is 0 Å². The van der Waals surface area contributed by atoms with Crippen molar-refractivity contribution in [3.8, 4) is 0 Å². The first kappa shape index (κ1) is 17.9. The van der Waals surface area contributed by atoms with Crippen LogP contribution in [-0.2, 0) is 7.05 Å². The minimum atomic E-state index is 0.757. The summed E-state index contributed by atoms with van der Waals surface area (Å²) in [4.78, 5) is 2.09. The van der Waals surface area contributed by atoms with Crippen molar-refractivity contribution in [2.24, 2.45) is 7.05 Å². The van der Waals surface area contributed by atoms with Crippen LogP contribution >= 0.6 is 0 Å². The van der Waals surface area contributed by atoms with Gasteiger partial charge in [0.1, 0.15) is 7.05 Å². The van der Waals surface area contributed by atoms with E-state index in [0.29, 0.717) is 0 Å². The van der Waals surface area contributed by atoms with Crippen LogP contribution in [0.5, 0.6) is 0 Å². The highest BCUT2D eigenvalue weighted by Gasteiger charge is 2.17. The smallest absolute Gasteiger partial charge is 0.215 e. The summed E-state index contributed by atoms with van der Waals surface area (Å²) in [6.45, 7) is 0. The van der Waals surface area contributed by atoms with E-state index < -0.39 is 0 Å². The normalized spacial score (nSPS) is 11.5. The summed E-state index contributed by atoms with van der Waals surface area (Å²) in [6.07, 6.45) is 4.28. The lowest BCUT2D eigenvalue weighted by molar-refractivity contribution is -0.645. The molecule has 4 aromatic rings. The molecular formula is C24H25N4+. The van der Waals surface area contributed by atoms with Crippen molar-refractivity contribution in [2.75, 3.05) is 30.5 Å². The van der Waals surface area contributed by atoms with E-state index >= 15 is 0 Å². The van der Waals surface area contributed by atoms with Gasteiger partial charge in [-0.1, -0.05) is 18.2 Å². The molecule has 28 heavy (non-hydrogen) atoms. The fourth-order valence-electron chi connectivity index (χ4n) is 3.63. The molecule has 4 N–H and O–H groups in total. The first-order chi connectivity index (χ1) is 13.4. The van der Waals surface area contributed by atoms with E-state index in [4.69, 9.17) is 11.5 Å². The number of fused-ring (bicyclic) bond motifs is 3. The fourth-order valence-corrected chi connectivity index (χ4v) is 3.63. The molecule has 0 aliphatic heterocycles. The number of rotatable bonds is 3. The van der Waals surface area contributed by atoms with Crippen molar-refractivity contribution >= 4 is 50.9 Å². The summed E-state index contributed by atoms with van der Waals surface area (Å²) in [5.74, 6) is 0. The van der Waals surface area contributed by atoms with Crippen LogP contribution in [0.3, 0.4) is 0 Å². The van der Waals surface area contributed by atoms with Crippen molar-refractivity contribution in [3.05, 3.63) is 71.9 Å². The zero-order valence-electron chi connectivity index (χ0n) is 16.5. The zero-order chi connectivity index (χ0) is 19.8. The standard InChI is InChI=1S/C24H24N4/c1-27(2)19-9-4-16(5-10-19)6-13-23-22-14-17(25)7-11-20(22)21-12-8-18(26)15-24(21)28(23)3/h4-15,26H,25H2,1-3H3/p+1/b13-6+. The van der Waals surface area contributed by atoms with Crippen LogP contribution in [0.15, 0.2) is 60.7 Å². The Bertz CT molecular complexity index is 1210. The van der Waals surface area contributed by atoms with Crippen molar-refractivity contribution < 1.29 is 4.57 Å². The summed E-state index contributed by atoms with van der Waals surface area (Å²) in [5, 5.41) is 3.46. The minimum Gasteiger partial charge on any atom is -0.399 e. The lowest BCUT2D eigenvalue weighted by atomic mass is 10.0. The molecule has 4 nitrogen and oxygen atoms in total. The summed E-state index contributed by atoms with van der Waals surface area (Å²) in [7, 11) is 6.16. The molecule has 1 aromatic heterocycles. The van der Waals surface area contributed by atoms with Gasteiger partial charge in [-0.15, -0.1) is 0 Å². The van der Waals surface area contributed by atoms with Crippen molar-refractivity contribution in [3.63, 3.8) is 0 Å². The van der Waals surface area contributed by atoms with Crippen LogP contribution < -0.4 is 20.9 Å². The highest BCUT2D eigenvalue weighted by atomic mass is 15.1. The summed E-state index contributed by atoms with van der Waals surface area (Å²) in [5.41, 5.74) is 18.2. The Kier molecular flexibility index (Phi) is 4.40. The molecule has 140 valence electrons. The molecule has 0 atom stereocenters. The van der Waals surface area contributed by atoms with Crippen LogP contribution in [0.25, 0.3) is 33.8 Å². The van der Waals surface area contributed by atoms with Gasteiger partial charge in [0.05, 0.1) is 10.8 Å². The van der Waals surface area contributed by atoms with Gasteiger partial charge in [-0.05, 0) is 48.0 Å². The summed E-state index contributed by atoms with van der Waals surface area (Å²) >= 11 is 0. The van der Waals surface area contributed by atoms with E-state index in [1.165, 1.54) is 16.5 Å². The van der Waals surface area contributed by atoms with Crippen LogP contribution in [0, 0.1) is 0 Å². The number of hydrogen-bond acceptors (Lipinski definition) is 3. The number of pyridine rings is 1. The van der Waals surface area contributed by atoms with Crippen molar-refractivity contribution in [1.29, 1.82) is 0 Å². The van der Waals surface area contributed by atoms with E-state index in [2.05, 4.69) is 65.1 Å². The Morgan fingerprint density at radius 1 is 0.750 bits per heavy atom. The largest absolute Gasteiger partial charge is 0.399 e. The molecule has 0 aliphatic rings. The number of aromatic nitrogens is 1. The molecule has 4 rings (SSSR count). The highest BCUT2D eigenvalue weighted by molar-refractivity contribution is 6.08. The lowest BCUT2D eigenvalue weighted by Crippen LogP contribution is -2.33. The Hall–Kier alpha value is -3.53. The second kappa shape index (κ2) is 6.89. The molecule has 0 fully saturated rings. The second-order valence-corrected chi connectivity index (χ2v) is 7.35. The highest BCUT2D eigenvalue weighted by Crippen LogP contribution is 2.29. The van der Waals surface area contributed by atoms with Gasteiger partial charge < -0.3 is 16.4 Å². The quantitative estimate of drug-likeness (QED) is 0.323. The molecule has 0 bridgehead atoms. The first-order valence-corrected chi connectivity index (χ1v) is 9.30. The van der Waals surface area contributed by atoms with Crippen LogP contribution in [0.1, 0.15) is 11.3 Å². The van der Waals surface area contributed by atoms with Crippen molar-refractivity contribution in [2.45, 2.75) is 0 Å². The van der Waals surface area contributed by atoms with Gasteiger partial charge in [0.2, 0.25) is 11.2 Å². The van der Waals surface area contributed by atoms with Crippen LogP contribution in [-0.4, -0.2) is 14.1 Å². The molecular weight excluding hydrogens is 344 g/mol. The maximum absolute atomic E-state index is 6.11. The minimum absolute atomic E-state index is 0.757. The van der Waals surface area contributed by atoms with Gasteiger partial charge in [0, 0.05) is 48.7 Å². The van der Waals surface area contributed by atoms with E-state index in [1.54, 1.807) is 0 Å². The number of anilines is 3. The zero-order valence-corrected chi connectivity index (χ0v) is 16.5. The summed E-state index contributed by atoms with van der Waals surface area (Å²) < 4.78 is 2.18. The molecule has 0 amide bonds. The predicted octanol–water partition coefficient (Wildman–Crippen LogP) is 4.22. The number of hydrogen-bond donors (Lipinski definition) is 2. The number of benzene rings is 3. The third-order valence-corrected chi connectivity index (χ3v) is 5.20. The van der Waals surface area contributed by atoms with E-state index in [1.807, 2.05) is 38.4 Å². The topological polar surface area (TPSA) is 59.2 Å². The van der Waals surface area contributed by atoms with Crippen LogP contribution in [0.2, 0.25) is 0 Å². The number of nitrogens with two attached hydrogens (primary N) is 2. The molecule has 0 saturated carbocycles. The number of nitrogens with zero attached hydrogens (tertiary/aromatic N) is 2. The number of aryl methyl sites for hydroxylation is 1. The van der Waals surface area contributed by atoms with E-state index in [0.717, 1.165) is 33.5 Å². The van der Waals surface area contributed by atoms with Crippen LogP contribution in [0.4, 0.5) is 17.1 Å². The first-order valence-electron chi connectivity index (χ1n) is 9.30. The monoisotopic (exact) mass is 369 g/mol. The molecule has 0 radical (unpaired) electrons. The maximum Gasteiger partial charge on any atom is 0.215 e. The van der Waals surface area contributed by atoms with Gasteiger partial charge in [-0.3, -0.25) is 0 Å². The Labute approximate surface area is 165 Å². The Morgan fingerprint density at radius 3 is 2.07 bits per heavy atom. The molecule has 4 heteroatoms. The fraction of sp³-hybridized carbons (Fsp3) is 0.125. The summed E-state index contributed by atoms with van der Waals surface area (Å²) in [6, 6.07) is 20.6.